The molecule has 0 fully saturated rings. The summed E-state index contributed by atoms with van der Waals surface area (Å²) in [7, 11) is 0. The van der Waals surface area contributed by atoms with E-state index < -0.39 is 6.09 Å². The second-order valence-electron chi connectivity index (χ2n) is 3.32. The van der Waals surface area contributed by atoms with Gasteiger partial charge in [0.1, 0.15) is 0 Å². The van der Waals surface area contributed by atoms with Gasteiger partial charge in [0.05, 0.1) is 5.69 Å². The van der Waals surface area contributed by atoms with Gasteiger partial charge in [-0.3, -0.25) is 0 Å². The first-order chi connectivity index (χ1) is 8.27. The molecule has 0 radical (unpaired) electrons. The molecule has 0 bridgehead atoms. The van der Waals surface area contributed by atoms with Gasteiger partial charge in [-0.15, -0.1) is 0 Å². The van der Waals surface area contributed by atoms with Crippen molar-refractivity contribution in [2.45, 2.75) is 4.90 Å². The first kappa shape index (κ1) is 11.5. The van der Waals surface area contributed by atoms with Crippen LogP contribution in [0.1, 0.15) is 0 Å². The van der Waals surface area contributed by atoms with Crippen molar-refractivity contribution in [3.63, 3.8) is 0 Å². The zero-order valence-corrected chi connectivity index (χ0v) is 9.80. The fraction of sp³-hybridized carbons (Fsp3) is 0. The van der Waals surface area contributed by atoms with Crippen LogP contribution in [0.5, 0.6) is 0 Å². The molecule has 1 amide bonds. The minimum atomic E-state index is -0.981. The summed E-state index contributed by atoms with van der Waals surface area (Å²) in [6, 6.07) is 18.4. The highest BCUT2D eigenvalue weighted by Crippen LogP contribution is 2.28. The maximum absolute atomic E-state index is 11.2. The minimum Gasteiger partial charge on any atom is -0.464 e. The average Bonchev–Trinajstić information content (AvgIpc) is 2.38. The number of amides is 1. The Balaban J connectivity index is 2.23. The molecule has 1 N–H and O–H groups in total. The lowest BCUT2D eigenvalue weighted by Gasteiger charge is -2.17. The zero-order valence-electron chi connectivity index (χ0n) is 8.98. The molecule has 2 rings (SSSR count). The fourth-order valence-electron chi connectivity index (χ4n) is 1.35. The molecule has 0 aliphatic carbocycles. The molecule has 2 aromatic carbocycles. The highest BCUT2D eigenvalue weighted by Gasteiger charge is 2.15. The van der Waals surface area contributed by atoms with E-state index in [-0.39, 0.29) is 0 Å². The van der Waals surface area contributed by atoms with Crippen molar-refractivity contribution in [2.24, 2.45) is 0 Å². The largest absolute Gasteiger partial charge is 0.464 e. The van der Waals surface area contributed by atoms with E-state index in [0.29, 0.717) is 5.69 Å². The molecule has 4 heteroatoms. The van der Waals surface area contributed by atoms with E-state index in [1.165, 1.54) is 16.3 Å². The Hall–Kier alpha value is -1.94. The molecule has 0 aromatic heterocycles. The monoisotopic (exact) mass is 245 g/mol. The lowest BCUT2D eigenvalue weighted by molar-refractivity contribution is 0.206. The van der Waals surface area contributed by atoms with Crippen molar-refractivity contribution < 1.29 is 9.90 Å². The summed E-state index contributed by atoms with van der Waals surface area (Å²) in [4.78, 5) is 12.1. The summed E-state index contributed by atoms with van der Waals surface area (Å²) in [5.74, 6) is 0. The van der Waals surface area contributed by atoms with Gasteiger partial charge in [-0.2, -0.15) is 0 Å². The first-order valence-electron chi connectivity index (χ1n) is 5.08. The number of carboxylic acid groups (broad SMARTS) is 1. The number of rotatable bonds is 3. The maximum atomic E-state index is 11.2. The fourth-order valence-corrected chi connectivity index (χ4v) is 2.15. The standard InChI is InChI=1S/C13H11NO2S/c15-13(16)14(11-7-3-1-4-8-11)17-12-9-5-2-6-10-12/h1-10H,(H,15,16). The first-order valence-corrected chi connectivity index (χ1v) is 5.86. The molecule has 3 nitrogen and oxygen atoms in total. The normalized spacial score (nSPS) is 9.88. The van der Waals surface area contributed by atoms with Gasteiger partial charge in [-0.05, 0) is 36.2 Å². The summed E-state index contributed by atoms with van der Waals surface area (Å²) >= 11 is 1.18. The van der Waals surface area contributed by atoms with E-state index in [2.05, 4.69) is 0 Å². The molecule has 0 spiro atoms. The highest BCUT2D eigenvalue weighted by molar-refractivity contribution is 8.01. The molecule has 0 unspecified atom stereocenters. The van der Waals surface area contributed by atoms with Crippen molar-refractivity contribution in [1.82, 2.24) is 0 Å². The lowest BCUT2D eigenvalue weighted by atomic mass is 10.3. The van der Waals surface area contributed by atoms with Crippen molar-refractivity contribution in [1.29, 1.82) is 0 Å². The summed E-state index contributed by atoms with van der Waals surface area (Å²) in [6.07, 6.45) is -0.981. The van der Waals surface area contributed by atoms with Crippen LogP contribution < -0.4 is 4.31 Å². The van der Waals surface area contributed by atoms with Gasteiger partial charge in [-0.25, -0.2) is 9.10 Å². The van der Waals surface area contributed by atoms with E-state index in [0.717, 1.165) is 4.90 Å². The van der Waals surface area contributed by atoms with Gasteiger partial charge in [0, 0.05) is 4.90 Å². The van der Waals surface area contributed by atoms with E-state index in [1.807, 2.05) is 48.5 Å². The average molecular weight is 245 g/mol. The van der Waals surface area contributed by atoms with Crippen LogP contribution in [0.3, 0.4) is 0 Å². The number of para-hydroxylation sites is 1. The van der Waals surface area contributed by atoms with Gasteiger partial charge in [0.25, 0.3) is 0 Å². The van der Waals surface area contributed by atoms with Crippen LogP contribution in [0.15, 0.2) is 65.6 Å². The van der Waals surface area contributed by atoms with Crippen LogP contribution in [-0.4, -0.2) is 11.2 Å². The topological polar surface area (TPSA) is 40.5 Å². The van der Waals surface area contributed by atoms with Crippen LogP contribution >= 0.6 is 11.9 Å². The molecule has 0 heterocycles. The highest BCUT2D eigenvalue weighted by atomic mass is 32.2. The molecular formula is C13H11NO2S. The quantitative estimate of drug-likeness (QED) is 0.834. The summed E-state index contributed by atoms with van der Waals surface area (Å²) in [5, 5.41) is 9.19. The Bertz CT molecular complexity index is 487. The van der Waals surface area contributed by atoms with E-state index in [1.54, 1.807) is 12.1 Å². The Kier molecular flexibility index (Phi) is 3.67. The third kappa shape index (κ3) is 3.01. The minimum absolute atomic E-state index is 0.647. The Morgan fingerprint density at radius 3 is 2.00 bits per heavy atom. The summed E-state index contributed by atoms with van der Waals surface area (Å²) in [5.41, 5.74) is 0.647. The van der Waals surface area contributed by atoms with E-state index >= 15 is 0 Å². The predicted octanol–water partition coefficient (Wildman–Crippen LogP) is 3.88. The van der Waals surface area contributed by atoms with Crippen LogP contribution in [0, 0.1) is 0 Å². The van der Waals surface area contributed by atoms with E-state index in [9.17, 15) is 9.90 Å². The number of nitrogens with zero attached hydrogens (tertiary/aromatic N) is 1. The Labute approximate surface area is 104 Å². The molecule has 0 aliphatic heterocycles. The molecule has 2 aromatic rings. The summed E-state index contributed by atoms with van der Waals surface area (Å²) in [6.45, 7) is 0. The molecule has 0 saturated heterocycles. The van der Waals surface area contributed by atoms with Crippen molar-refractivity contribution in [3.05, 3.63) is 60.7 Å². The molecule has 0 aliphatic rings. The second kappa shape index (κ2) is 5.41. The number of hydrogen-bond acceptors (Lipinski definition) is 2. The molecule has 0 saturated carbocycles. The van der Waals surface area contributed by atoms with Crippen molar-refractivity contribution in [2.75, 3.05) is 4.31 Å². The van der Waals surface area contributed by atoms with Crippen LogP contribution in [-0.2, 0) is 0 Å². The van der Waals surface area contributed by atoms with Gasteiger partial charge >= 0.3 is 6.09 Å². The Morgan fingerprint density at radius 1 is 0.941 bits per heavy atom. The number of carbonyl (C=O) groups is 1. The molecular weight excluding hydrogens is 234 g/mol. The second-order valence-corrected chi connectivity index (χ2v) is 4.34. The van der Waals surface area contributed by atoms with Gasteiger partial charge in [-0.1, -0.05) is 36.4 Å². The van der Waals surface area contributed by atoms with Crippen molar-refractivity contribution in [3.8, 4) is 0 Å². The molecule has 86 valence electrons. The molecule has 17 heavy (non-hydrogen) atoms. The SMILES string of the molecule is O=C(O)N(Sc1ccccc1)c1ccccc1. The lowest BCUT2D eigenvalue weighted by Crippen LogP contribution is -2.20. The van der Waals surface area contributed by atoms with Crippen LogP contribution in [0.25, 0.3) is 0 Å². The smallest absolute Gasteiger partial charge is 0.422 e. The van der Waals surface area contributed by atoms with Gasteiger partial charge in [0.2, 0.25) is 0 Å². The number of benzene rings is 2. The predicted molar refractivity (Wildman–Crippen MR) is 69.2 cm³/mol. The van der Waals surface area contributed by atoms with E-state index in [4.69, 9.17) is 0 Å². The third-order valence-electron chi connectivity index (χ3n) is 2.10. The van der Waals surface area contributed by atoms with Crippen LogP contribution in [0.4, 0.5) is 10.5 Å². The maximum Gasteiger partial charge on any atom is 0.422 e. The number of anilines is 1. The third-order valence-corrected chi connectivity index (χ3v) is 3.14. The Morgan fingerprint density at radius 2 is 1.47 bits per heavy atom. The summed E-state index contributed by atoms with van der Waals surface area (Å²) < 4.78 is 1.25. The van der Waals surface area contributed by atoms with Gasteiger partial charge in [0.15, 0.2) is 0 Å². The van der Waals surface area contributed by atoms with Gasteiger partial charge < -0.3 is 5.11 Å². The number of hydrogen-bond donors (Lipinski definition) is 1. The van der Waals surface area contributed by atoms with Crippen LogP contribution in [0.2, 0.25) is 0 Å². The zero-order chi connectivity index (χ0) is 12.1. The molecule has 0 atom stereocenters. The van der Waals surface area contributed by atoms with Crippen molar-refractivity contribution >= 4 is 23.7 Å².